The number of hydrogen-bond acceptors (Lipinski definition) is 5. The van der Waals surface area contributed by atoms with Crippen LogP contribution in [-0.2, 0) is 10.0 Å². The first kappa shape index (κ1) is 23.6. The summed E-state index contributed by atoms with van der Waals surface area (Å²) in [4.78, 5) is 6.69. The van der Waals surface area contributed by atoms with Crippen molar-refractivity contribution >= 4 is 38.7 Å². The Morgan fingerprint density at radius 2 is 1.94 bits per heavy atom. The largest absolute Gasteiger partial charge is 0.495 e. The van der Waals surface area contributed by atoms with Crippen LogP contribution in [-0.4, -0.2) is 36.4 Å². The minimum Gasteiger partial charge on any atom is -0.495 e. The third kappa shape index (κ3) is 4.72. The molecule has 2 N–H and O–H groups in total. The van der Waals surface area contributed by atoms with Gasteiger partial charge in [-0.2, -0.15) is 0 Å². The number of benzene rings is 1. The van der Waals surface area contributed by atoms with Gasteiger partial charge in [-0.3, -0.25) is 9.71 Å². The predicted octanol–water partition coefficient (Wildman–Crippen LogP) is 4.56. The van der Waals surface area contributed by atoms with Gasteiger partial charge in [0.2, 0.25) is 10.0 Å². The highest BCUT2D eigenvalue weighted by molar-refractivity contribution is 7.92. The smallest absolute Gasteiger partial charge is 0.229 e. The summed E-state index contributed by atoms with van der Waals surface area (Å²) in [6.07, 6.45) is 9.85. The van der Waals surface area contributed by atoms with E-state index in [9.17, 15) is 8.42 Å². The normalized spacial score (nSPS) is 20.7. The van der Waals surface area contributed by atoms with E-state index in [0.717, 1.165) is 36.2 Å². The average molecular weight is 512 g/mol. The standard InChI is InChI=1S/C25H29N5O3S2/c1-33-22-13-12-18(16-20(22)28-35(2,31)32)30-24(21-11-7-15-29(21)17-8-3-4-9-17)23(27-25(30)34)19-10-5-6-14-26-19/h5-7,10-17,23-24,28H,3-4,8-9H2,1-2H3,(H,27,34)/t23-,24-/m1/s1. The lowest BCUT2D eigenvalue weighted by atomic mass is 10.00. The van der Waals surface area contributed by atoms with E-state index in [0.29, 0.717) is 22.6 Å². The molecule has 3 aromatic rings. The fourth-order valence-electron chi connectivity index (χ4n) is 5.23. The minimum atomic E-state index is -3.50. The molecule has 1 saturated carbocycles. The molecule has 5 rings (SSSR count). The van der Waals surface area contributed by atoms with Crippen LogP contribution < -0.4 is 19.7 Å². The molecule has 1 aliphatic heterocycles. The number of aromatic nitrogens is 2. The van der Waals surface area contributed by atoms with Gasteiger partial charge in [-0.05, 0) is 67.5 Å². The number of anilines is 2. The van der Waals surface area contributed by atoms with Crippen molar-refractivity contribution in [2.24, 2.45) is 0 Å². The molecule has 2 atom stereocenters. The minimum absolute atomic E-state index is 0.174. The van der Waals surface area contributed by atoms with Crippen LogP contribution >= 0.6 is 12.2 Å². The molecule has 35 heavy (non-hydrogen) atoms. The Morgan fingerprint density at radius 1 is 1.14 bits per heavy atom. The van der Waals surface area contributed by atoms with Gasteiger partial charge in [0.15, 0.2) is 5.11 Å². The third-order valence-electron chi connectivity index (χ3n) is 6.69. The lowest BCUT2D eigenvalue weighted by Gasteiger charge is -2.30. The Kier molecular flexibility index (Phi) is 6.41. The van der Waals surface area contributed by atoms with Crippen molar-refractivity contribution in [3.05, 3.63) is 72.3 Å². The molecule has 10 heteroatoms. The lowest BCUT2D eigenvalue weighted by molar-refractivity contribution is 0.417. The number of thiocarbonyl (C=S) groups is 1. The van der Waals surface area contributed by atoms with Gasteiger partial charge in [-0.1, -0.05) is 18.9 Å². The Balaban J connectivity index is 1.63. The Bertz CT molecular complexity index is 1320. The van der Waals surface area contributed by atoms with E-state index < -0.39 is 10.0 Å². The molecular formula is C25H29N5O3S2. The lowest BCUT2D eigenvalue weighted by Crippen LogP contribution is -2.30. The zero-order valence-electron chi connectivity index (χ0n) is 19.7. The van der Waals surface area contributed by atoms with Crippen molar-refractivity contribution in [3.8, 4) is 5.75 Å². The molecule has 0 spiro atoms. The molecule has 1 aromatic carbocycles. The predicted molar refractivity (Wildman–Crippen MR) is 141 cm³/mol. The van der Waals surface area contributed by atoms with E-state index >= 15 is 0 Å². The number of sulfonamides is 1. The molecule has 0 unspecified atom stereocenters. The maximum atomic E-state index is 12.0. The van der Waals surface area contributed by atoms with Crippen LogP contribution in [0.25, 0.3) is 0 Å². The van der Waals surface area contributed by atoms with Gasteiger partial charge < -0.3 is 19.5 Å². The molecule has 0 amide bonds. The van der Waals surface area contributed by atoms with Crippen LogP contribution in [0.5, 0.6) is 5.75 Å². The van der Waals surface area contributed by atoms with Gasteiger partial charge in [0.25, 0.3) is 0 Å². The summed E-state index contributed by atoms with van der Waals surface area (Å²) >= 11 is 5.85. The van der Waals surface area contributed by atoms with E-state index in [1.807, 2.05) is 24.3 Å². The molecule has 184 valence electrons. The number of nitrogens with one attached hydrogen (secondary N) is 2. The molecule has 2 fully saturated rings. The number of ether oxygens (including phenoxy) is 1. The number of rotatable bonds is 7. The van der Waals surface area contributed by atoms with Crippen molar-refractivity contribution in [3.63, 3.8) is 0 Å². The number of methoxy groups -OCH3 is 1. The van der Waals surface area contributed by atoms with Crippen molar-refractivity contribution < 1.29 is 13.2 Å². The molecule has 0 radical (unpaired) electrons. The van der Waals surface area contributed by atoms with Crippen LogP contribution in [0.4, 0.5) is 11.4 Å². The van der Waals surface area contributed by atoms with Crippen LogP contribution in [0.15, 0.2) is 60.9 Å². The first-order valence-corrected chi connectivity index (χ1v) is 14.0. The summed E-state index contributed by atoms with van der Waals surface area (Å²) < 4.78 is 34.4. The van der Waals surface area contributed by atoms with E-state index in [1.165, 1.54) is 20.0 Å². The van der Waals surface area contributed by atoms with Gasteiger partial charge in [0.05, 0.1) is 30.8 Å². The van der Waals surface area contributed by atoms with Crippen molar-refractivity contribution in [1.82, 2.24) is 14.9 Å². The van der Waals surface area contributed by atoms with Gasteiger partial charge in [-0.15, -0.1) is 0 Å². The van der Waals surface area contributed by atoms with E-state index in [1.54, 1.807) is 18.3 Å². The van der Waals surface area contributed by atoms with Crippen LogP contribution in [0.3, 0.4) is 0 Å². The van der Waals surface area contributed by atoms with Crippen LogP contribution in [0, 0.1) is 0 Å². The molecule has 0 bridgehead atoms. The van der Waals surface area contributed by atoms with Crippen LogP contribution in [0.2, 0.25) is 0 Å². The van der Waals surface area contributed by atoms with Crippen LogP contribution in [0.1, 0.15) is 55.2 Å². The highest BCUT2D eigenvalue weighted by Gasteiger charge is 2.42. The summed E-state index contributed by atoms with van der Waals surface area (Å²) in [6, 6.07) is 15.7. The molecule has 1 aliphatic carbocycles. The third-order valence-corrected chi connectivity index (χ3v) is 7.59. The fourth-order valence-corrected chi connectivity index (χ4v) is 6.14. The Labute approximate surface area is 211 Å². The summed E-state index contributed by atoms with van der Waals surface area (Å²) in [5.41, 5.74) is 3.16. The van der Waals surface area contributed by atoms with Crippen molar-refractivity contribution in [1.29, 1.82) is 0 Å². The highest BCUT2D eigenvalue weighted by atomic mass is 32.2. The summed E-state index contributed by atoms with van der Waals surface area (Å²) in [6.45, 7) is 0. The number of hydrogen-bond donors (Lipinski definition) is 2. The maximum absolute atomic E-state index is 12.0. The summed E-state index contributed by atoms with van der Waals surface area (Å²) in [5.74, 6) is 0.435. The topological polar surface area (TPSA) is 88.5 Å². The zero-order valence-corrected chi connectivity index (χ0v) is 21.3. The molecule has 8 nitrogen and oxygen atoms in total. The molecule has 2 aliphatic rings. The van der Waals surface area contributed by atoms with E-state index in [4.69, 9.17) is 17.0 Å². The zero-order chi connectivity index (χ0) is 24.6. The summed E-state index contributed by atoms with van der Waals surface area (Å²) in [5, 5.41) is 4.04. The molecule has 2 aromatic heterocycles. The highest BCUT2D eigenvalue weighted by Crippen LogP contribution is 2.45. The van der Waals surface area contributed by atoms with Gasteiger partial charge in [-0.25, -0.2) is 8.42 Å². The maximum Gasteiger partial charge on any atom is 0.229 e. The summed E-state index contributed by atoms with van der Waals surface area (Å²) in [7, 11) is -1.99. The number of nitrogens with zero attached hydrogens (tertiary/aromatic N) is 3. The first-order chi connectivity index (χ1) is 16.9. The van der Waals surface area contributed by atoms with E-state index in [-0.39, 0.29) is 12.1 Å². The van der Waals surface area contributed by atoms with Gasteiger partial charge in [0.1, 0.15) is 11.8 Å². The molecule has 1 saturated heterocycles. The van der Waals surface area contributed by atoms with Crippen molar-refractivity contribution in [2.75, 3.05) is 23.0 Å². The SMILES string of the molecule is COc1ccc(N2C(=S)N[C@H](c3ccccn3)[C@H]2c2cccn2C2CCCC2)cc1NS(C)(=O)=O. The monoisotopic (exact) mass is 511 g/mol. The van der Waals surface area contributed by atoms with E-state index in [2.05, 4.69) is 42.8 Å². The second-order valence-corrected chi connectivity index (χ2v) is 11.2. The second kappa shape index (κ2) is 9.50. The second-order valence-electron chi connectivity index (χ2n) is 9.03. The number of pyridine rings is 1. The quantitative estimate of drug-likeness (QED) is 0.450. The van der Waals surface area contributed by atoms with Crippen molar-refractivity contribution in [2.45, 2.75) is 43.8 Å². The first-order valence-electron chi connectivity index (χ1n) is 11.7. The Hall–Kier alpha value is -3.11. The van der Waals surface area contributed by atoms with Gasteiger partial charge >= 0.3 is 0 Å². The Morgan fingerprint density at radius 3 is 2.63 bits per heavy atom. The molecule has 3 heterocycles. The molecular weight excluding hydrogens is 482 g/mol. The van der Waals surface area contributed by atoms with Gasteiger partial charge in [0, 0.05) is 29.8 Å². The fraction of sp³-hybridized carbons (Fsp3) is 0.360. The average Bonchev–Trinajstić information content (AvgIpc) is 3.58.